The molecule has 0 amide bonds. The molecule has 3 N–H and O–H groups in total. The summed E-state index contributed by atoms with van der Waals surface area (Å²) >= 11 is 0. The molecule has 0 saturated heterocycles. The van der Waals surface area contributed by atoms with Crippen molar-refractivity contribution in [3.63, 3.8) is 0 Å². The zero-order chi connectivity index (χ0) is 24.2. The van der Waals surface area contributed by atoms with Gasteiger partial charge in [0.2, 0.25) is 5.95 Å². The highest BCUT2D eigenvalue weighted by atomic mass is 19.4. The summed E-state index contributed by atoms with van der Waals surface area (Å²) in [5, 5.41) is 14.8. The number of nitrogens with one attached hydrogen (secondary N) is 2. The molecule has 33 heavy (non-hydrogen) atoms. The first-order valence-electron chi connectivity index (χ1n) is 9.50. The molecule has 0 aliphatic heterocycles. The van der Waals surface area contributed by atoms with E-state index < -0.39 is 29.9 Å². The van der Waals surface area contributed by atoms with Crippen molar-refractivity contribution >= 4 is 17.5 Å². The number of hydrogen-bond acceptors (Lipinski definition) is 6. The highest BCUT2D eigenvalue weighted by molar-refractivity contribution is 5.68. The molecule has 6 nitrogen and oxygen atoms in total. The van der Waals surface area contributed by atoms with Gasteiger partial charge in [-0.25, -0.2) is 4.98 Å². The maximum absolute atomic E-state index is 13.0. The number of aliphatic hydroxyl groups excluding tert-OH is 1. The fraction of sp³-hybridized carbons (Fsp3) is 0.238. The van der Waals surface area contributed by atoms with Crippen LogP contribution in [0.25, 0.3) is 11.3 Å². The number of rotatable bonds is 7. The molecule has 12 heteroatoms. The Kier molecular flexibility index (Phi) is 6.96. The minimum Gasteiger partial charge on any atom is -0.406 e. The number of aliphatic hydroxyl groups is 1. The zero-order valence-corrected chi connectivity index (χ0v) is 17.0. The predicted octanol–water partition coefficient (Wildman–Crippen LogP) is 5.60. The molecule has 0 bridgehead atoms. The minimum absolute atomic E-state index is 0.00525. The standard InChI is InChI=1S/C21H18F6N4O2/c1-12(11-32)28-19-30-17(13-4-2-7-16(8-13)33-21(25,26)27)10-18(31-19)29-15-6-3-5-14(9-15)20(22,23)24/h2-10,12,32H,11H2,1H3,(H2,28,29,30,31)/t12-/m1/s1. The number of nitrogens with zero attached hydrogens (tertiary/aromatic N) is 2. The maximum atomic E-state index is 13.0. The maximum Gasteiger partial charge on any atom is 0.573 e. The van der Waals surface area contributed by atoms with Gasteiger partial charge in [-0.3, -0.25) is 0 Å². The molecule has 0 aliphatic carbocycles. The summed E-state index contributed by atoms with van der Waals surface area (Å²) in [7, 11) is 0. The second kappa shape index (κ2) is 9.53. The molecule has 0 aliphatic rings. The largest absolute Gasteiger partial charge is 0.573 e. The predicted molar refractivity (Wildman–Crippen MR) is 109 cm³/mol. The molecular weight excluding hydrogens is 454 g/mol. The number of benzene rings is 2. The molecule has 0 spiro atoms. The minimum atomic E-state index is -4.89. The van der Waals surface area contributed by atoms with Gasteiger partial charge in [0.1, 0.15) is 11.6 Å². The first kappa shape index (κ1) is 24.1. The van der Waals surface area contributed by atoms with Crippen molar-refractivity contribution in [2.24, 2.45) is 0 Å². The third-order valence-corrected chi connectivity index (χ3v) is 4.20. The highest BCUT2D eigenvalue weighted by Crippen LogP contribution is 2.32. The fourth-order valence-electron chi connectivity index (χ4n) is 2.76. The van der Waals surface area contributed by atoms with Gasteiger partial charge in [0.15, 0.2) is 0 Å². The van der Waals surface area contributed by atoms with Crippen LogP contribution in [-0.4, -0.2) is 34.1 Å². The molecule has 0 saturated carbocycles. The van der Waals surface area contributed by atoms with Crippen molar-refractivity contribution < 1.29 is 36.2 Å². The Bertz CT molecular complexity index is 1100. The second-order valence-electron chi connectivity index (χ2n) is 6.97. The molecule has 176 valence electrons. The van der Waals surface area contributed by atoms with E-state index in [9.17, 15) is 31.4 Å². The van der Waals surface area contributed by atoms with E-state index in [1.807, 2.05) is 0 Å². The van der Waals surface area contributed by atoms with Crippen LogP contribution in [0.4, 0.5) is 43.8 Å². The molecule has 2 aromatic carbocycles. The monoisotopic (exact) mass is 472 g/mol. The van der Waals surface area contributed by atoms with E-state index >= 15 is 0 Å². The van der Waals surface area contributed by atoms with Crippen LogP contribution in [0, 0.1) is 0 Å². The smallest absolute Gasteiger partial charge is 0.406 e. The molecule has 1 atom stereocenters. The molecule has 3 rings (SSSR count). The van der Waals surface area contributed by atoms with E-state index in [1.54, 1.807) is 6.92 Å². The van der Waals surface area contributed by atoms with E-state index in [1.165, 1.54) is 30.3 Å². The fourth-order valence-corrected chi connectivity index (χ4v) is 2.76. The van der Waals surface area contributed by atoms with Crippen LogP contribution in [0.1, 0.15) is 12.5 Å². The van der Waals surface area contributed by atoms with Crippen LogP contribution in [-0.2, 0) is 6.18 Å². The Hall–Kier alpha value is -3.54. The Balaban J connectivity index is 1.99. The molecule has 0 fully saturated rings. The lowest BCUT2D eigenvalue weighted by Crippen LogP contribution is -2.21. The number of ether oxygens (including phenoxy) is 1. The lowest BCUT2D eigenvalue weighted by atomic mass is 10.1. The SMILES string of the molecule is C[C@H](CO)Nc1nc(Nc2cccc(C(F)(F)F)c2)cc(-c2cccc(OC(F)(F)F)c2)n1. The Labute approximate surface area is 184 Å². The first-order valence-corrected chi connectivity index (χ1v) is 9.50. The quantitative estimate of drug-likeness (QED) is 0.389. The summed E-state index contributed by atoms with van der Waals surface area (Å²) in [5.41, 5.74) is -0.374. The molecule has 3 aromatic rings. The highest BCUT2D eigenvalue weighted by Gasteiger charge is 2.31. The van der Waals surface area contributed by atoms with Crippen LogP contribution in [0.2, 0.25) is 0 Å². The van der Waals surface area contributed by atoms with Gasteiger partial charge in [0.25, 0.3) is 0 Å². The normalized spacial score (nSPS) is 12.8. The van der Waals surface area contributed by atoms with Gasteiger partial charge in [-0.15, -0.1) is 13.2 Å². The molecule has 0 radical (unpaired) electrons. The number of anilines is 3. The van der Waals surface area contributed by atoms with E-state index in [0.717, 1.165) is 24.3 Å². The summed E-state index contributed by atoms with van der Waals surface area (Å²) in [6, 6.07) is 10.4. The average Bonchev–Trinajstić information content (AvgIpc) is 2.72. The van der Waals surface area contributed by atoms with Gasteiger partial charge in [-0.1, -0.05) is 18.2 Å². The van der Waals surface area contributed by atoms with E-state index in [2.05, 4.69) is 25.3 Å². The number of hydrogen-bond donors (Lipinski definition) is 3. The first-order chi connectivity index (χ1) is 15.4. The molecular formula is C21H18F6N4O2. The molecule has 1 aromatic heterocycles. The van der Waals surface area contributed by atoms with Gasteiger partial charge < -0.3 is 20.5 Å². The summed E-state index contributed by atoms with van der Waals surface area (Å²) in [4.78, 5) is 8.42. The van der Waals surface area contributed by atoms with E-state index in [-0.39, 0.29) is 35.3 Å². The van der Waals surface area contributed by atoms with Crippen molar-refractivity contribution in [3.8, 4) is 17.0 Å². The van der Waals surface area contributed by atoms with Crippen molar-refractivity contribution in [1.29, 1.82) is 0 Å². The molecule has 1 heterocycles. The summed E-state index contributed by atoms with van der Waals surface area (Å²) in [6.45, 7) is 1.37. The van der Waals surface area contributed by atoms with Crippen molar-refractivity contribution in [3.05, 3.63) is 60.2 Å². The average molecular weight is 472 g/mol. The lowest BCUT2D eigenvalue weighted by Gasteiger charge is -2.15. The van der Waals surface area contributed by atoms with E-state index in [4.69, 9.17) is 0 Å². The lowest BCUT2D eigenvalue weighted by molar-refractivity contribution is -0.274. The van der Waals surface area contributed by atoms with Crippen LogP contribution in [0.3, 0.4) is 0 Å². The second-order valence-corrected chi connectivity index (χ2v) is 6.97. The number of halogens is 6. The van der Waals surface area contributed by atoms with Crippen molar-refractivity contribution in [1.82, 2.24) is 9.97 Å². The number of alkyl halides is 6. The summed E-state index contributed by atoms with van der Waals surface area (Å²) in [5.74, 6) is -0.385. The topological polar surface area (TPSA) is 79.3 Å². The van der Waals surface area contributed by atoms with Crippen LogP contribution in [0.15, 0.2) is 54.6 Å². The Morgan fingerprint density at radius 3 is 2.36 bits per heavy atom. The third kappa shape index (κ3) is 6.97. The van der Waals surface area contributed by atoms with Crippen LogP contribution in [0.5, 0.6) is 5.75 Å². The van der Waals surface area contributed by atoms with Crippen LogP contribution >= 0.6 is 0 Å². The Morgan fingerprint density at radius 2 is 1.70 bits per heavy atom. The van der Waals surface area contributed by atoms with Crippen molar-refractivity contribution in [2.75, 3.05) is 17.2 Å². The molecule has 0 unspecified atom stereocenters. The van der Waals surface area contributed by atoms with Gasteiger partial charge in [-0.2, -0.15) is 18.2 Å². The van der Waals surface area contributed by atoms with E-state index in [0.29, 0.717) is 0 Å². The summed E-state index contributed by atoms with van der Waals surface area (Å²) < 4.78 is 80.7. The van der Waals surface area contributed by atoms with Gasteiger partial charge in [0.05, 0.1) is 17.9 Å². The van der Waals surface area contributed by atoms with Crippen molar-refractivity contribution in [2.45, 2.75) is 25.5 Å². The van der Waals surface area contributed by atoms with Gasteiger partial charge in [0, 0.05) is 23.4 Å². The van der Waals surface area contributed by atoms with Crippen LogP contribution < -0.4 is 15.4 Å². The third-order valence-electron chi connectivity index (χ3n) is 4.20. The number of aromatic nitrogens is 2. The Morgan fingerprint density at radius 1 is 0.970 bits per heavy atom. The van der Waals surface area contributed by atoms with Gasteiger partial charge >= 0.3 is 12.5 Å². The zero-order valence-electron chi connectivity index (χ0n) is 17.0. The summed E-state index contributed by atoms with van der Waals surface area (Å²) in [6.07, 6.45) is -9.43. The van der Waals surface area contributed by atoms with Gasteiger partial charge in [-0.05, 0) is 37.3 Å².